The maximum absolute atomic E-state index is 12.7. The Kier molecular flexibility index (Phi) is 9.33. The van der Waals surface area contributed by atoms with E-state index in [0.717, 1.165) is 21.7 Å². The van der Waals surface area contributed by atoms with E-state index in [1.165, 1.54) is 18.5 Å². The highest BCUT2D eigenvalue weighted by Gasteiger charge is 2.36. The minimum atomic E-state index is -6.09. The second-order valence-electron chi connectivity index (χ2n) is 6.97. The van der Waals surface area contributed by atoms with Crippen LogP contribution in [-0.2, 0) is 10.1 Å². The largest absolute Gasteiger partial charge is 0.741 e. The monoisotopic (exact) mass is 666 g/mol. The van der Waals surface area contributed by atoms with Crippen LogP contribution in [-0.4, -0.2) is 43.6 Å². The standard InChI is InChI=1S/C22H17IN2O3S.CHF3O3S/c1-27-17-8-6-15(7-9-17)23-16-5-3-4-14(12-16)21(26)25-22-24-19-11-10-18(28-2)13-20(19)29-22;2-1(3,4)8(5,6)7/h3-13H,1-2H3;(H,5,6,7). The lowest BCUT2D eigenvalue weighted by molar-refractivity contribution is -0.597. The average Bonchev–Trinajstić information content (AvgIpc) is 3.25. The molecular weight excluding hydrogens is 648 g/mol. The molecule has 0 spiro atoms. The van der Waals surface area contributed by atoms with Gasteiger partial charge in [-0.2, -0.15) is 13.2 Å². The van der Waals surface area contributed by atoms with Crippen molar-refractivity contribution in [3.8, 4) is 11.5 Å². The van der Waals surface area contributed by atoms with Crippen molar-refractivity contribution in [2.75, 3.05) is 19.5 Å². The molecule has 1 aromatic heterocycles. The van der Waals surface area contributed by atoms with Crippen molar-refractivity contribution < 1.29 is 61.6 Å². The van der Waals surface area contributed by atoms with E-state index in [1.807, 2.05) is 48.5 Å². The Morgan fingerprint density at radius 1 is 0.973 bits per heavy atom. The normalized spacial score (nSPS) is 11.4. The van der Waals surface area contributed by atoms with Gasteiger partial charge in [0.1, 0.15) is 11.5 Å². The number of halogens is 4. The van der Waals surface area contributed by atoms with Crippen LogP contribution in [0.4, 0.5) is 18.3 Å². The van der Waals surface area contributed by atoms with Crippen LogP contribution in [0, 0.1) is 7.14 Å². The summed E-state index contributed by atoms with van der Waals surface area (Å²) in [4.78, 5) is 17.2. The number of nitrogens with zero attached hydrogens (tertiary/aromatic N) is 1. The van der Waals surface area contributed by atoms with Gasteiger partial charge < -0.3 is 14.0 Å². The first-order valence-electron chi connectivity index (χ1n) is 10.1. The molecule has 4 rings (SSSR count). The highest BCUT2D eigenvalue weighted by atomic mass is 127. The van der Waals surface area contributed by atoms with Gasteiger partial charge >= 0.3 is 26.7 Å². The van der Waals surface area contributed by atoms with Crippen molar-refractivity contribution in [2.24, 2.45) is 0 Å². The SMILES string of the molecule is COc1ccc([I+]c2cccc(C(=O)Nc3nc4ccc(OC)cc4s3)c2)cc1.O=S(=O)([O-])C(F)(F)F. The molecule has 37 heavy (non-hydrogen) atoms. The van der Waals surface area contributed by atoms with Crippen LogP contribution in [0.3, 0.4) is 0 Å². The molecule has 8 nitrogen and oxygen atoms in total. The van der Waals surface area contributed by atoms with E-state index in [-0.39, 0.29) is 27.1 Å². The van der Waals surface area contributed by atoms with Gasteiger partial charge in [0, 0.05) is 11.6 Å². The number of benzene rings is 3. The fourth-order valence-electron chi connectivity index (χ4n) is 2.70. The maximum Gasteiger partial charge on any atom is 0.485 e. The van der Waals surface area contributed by atoms with Crippen LogP contribution in [0.1, 0.15) is 10.4 Å². The number of methoxy groups -OCH3 is 2. The minimum absolute atomic E-state index is 0.156. The summed E-state index contributed by atoms with van der Waals surface area (Å²) in [5.74, 6) is 1.46. The zero-order valence-corrected chi connectivity index (χ0v) is 22.9. The molecule has 3 aromatic carbocycles. The molecule has 0 aliphatic rings. The molecule has 0 saturated heterocycles. The van der Waals surface area contributed by atoms with Crippen molar-refractivity contribution in [1.82, 2.24) is 4.98 Å². The molecule has 0 saturated carbocycles. The topological polar surface area (TPSA) is 118 Å². The van der Waals surface area contributed by atoms with Crippen LogP contribution in [0.25, 0.3) is 10.2 Å². The summed E-state index contributed by atoms with van der Waals surface area (Å²) in [7, 11) is -2.80. The number of carbonyl (C=O) groups excluding carboxylic acids is 1. The van der Waals surface area contributed by atoms with Gasteiger partial charge in [0.05, 0.1) is 24.4 Å². The number of nitrogens with one attached hydrogen (secondary N) is 1. The Morgan fingerprint density at radius 2 is 1.59 bits per heavy atom. The number of carbonyl (C=O) groups is 1. The summed E-state index contributed by atoms with van der Waals surface area (Å²) >= 11 is 1.05. The van der Waals surface area contributed by atoms with Crippen LogP contribution < -0.4 is 36.0 Å². The van der Waals surface area contributed by atoms with Crippen molar-refractivity contribution in [3.63, 3.8) is 0 Å². The number of amides is 1. The summed E-state index contributed by atoms with van der Waals surface area (Å²) in [6.45, 7) is 0. The van der Waals surface area contributed by atoms with Gasteiger partial charge in [-0.1, -0.05) is 17.4 Å². The third-order valence-corrected chi connectivity index (χ3v) is 8.59. The molecule has 0 aliphatic heterocycles. The van der Waals surface area contributed by atoms with Crippen molar-refractivity contribution in [1.29, 1.82) is 0 Å². The number of aromatic nitrogens is 1. The first-order valence-corrected chi connectivity index (χ1v) is 14.4. The molecular formula is C23H18F3IN2O6S2. The number of hydrogen-bond donors (Lipinski definition) is 1. The smallest absolute Gasteiger partial charge is 0.485 e. The number of hydrogen-bond acceptors (Lipinski definition) is 8. The van der Waals surface area contributed by atoms with Gasteiger partial charge in [-0.05, 0) is 54.6 Å². The van der Waals surface area contributed by atoms with Gasteiger partial charge in [0.25, 0.3) is 5.91 Å². The lowest BCUT2D eigenvalue weighted by Crippen LogP contribution is -3.61. The second kappa shape index (κ2) is 12.1. The number of rotatable bonds is 6. The molecule has 0 bridgehead atoms. The Labute approximate surface area is 224 Å². The van der Waals surface area contributed by atoms with Crippen LogP contribution in [0.5, 0.6) is 11.5 Å². The van der Waals surface area contributed by atoms with Gasteiger partial charge in [-0.15, -0.1) is 0 Å². The van der Waals surface area contributed by atoms with E-state index in [4.69, 9.17) is 22.4 Å². The summed E-state index contributed by atoms with van der Waals surface area (Å²) in [5, 5.41) is 3.49. The van der Waals surface area contributed by atoms with Gasteiger partial charge in [0.2, 0.25) is 0 Å². The molecule has 1 N–H and O–H groups in total. The van der Waals surface area contributed by atoms with Crippen LogP contribution in [0.15, 0.2) is 66.7 Å². The molecule has 1 heterocycles. The Morgan fingerprint density at radius 3 is 2.19 bits per heavy atom. The second-order valence-corrected chi connectivity index (χ2v) is 12.4. The van der Waals surface area contributed by atoms with E-state index >= 15 is 0 Å². The Hall–Kier alpha value is -2.95. The molecule has 0 fully saturated rings. The third kappa shape index (κ3) is 8.02. The van der Waals surface area contributed by atoms with E-state index in [0.29, 0.717) is 10.7 Å². The van der Waals surface area contributed by atoms with Gasteiger partial charge in [-0.25, -0.2) is 13.4 Å². The highest BCUT2D eigenvalue weighted by Crippen LogP contribution is 2.29. The molecule has 0 unspecified atom stereocenters. The van der Waals surface area contributed by atoms with E-state index in [2.05, 4.69) is 28.5 Å². The van der Waals surface area contributed by atoms with E-state index < -0.39 is 15.6 Å². The van der Waals surface area contributed by atoms with Crippen molar-refractivity contribution in [2.45, 2.75) is 5.51 Å². The highest BCUT2D eigenvalue weighted by molar-refractivity contribution is 7.86. The Balaban J connectivity index is 0.000000414. The number of fused-ring (bicyclic) bond motifs is 1. The number of anilines is 1. The predicted octanol–water partition coefficient (Wildman–Crippen LogP) is 1.75. The zero-order chi connectivity index (χ0) is 27.2. The Bertz CT molecular complexity index is 1490. The summed E-state index contributed by atoms with van der Waals surface area (Å²) in [5.41, 5.74) is -4.18. The third-order valence-electron chi connectivity index (χ3n) is 4.45. The average molecular weight is 666 g/mol. The number of alkyl halides is 3. The van der Waals surface area contributed by atoms with Crippen molar-refractivity contribution in [3.05, 3.63) is 79.4 Å². The quantitative estimate of drug-likeness (QED) is 0.189. The first-order chi connectivity index (χ1) is 17.4. The number of thiazole rings is 1. The maximum atomic E-state index is 12.7. The first kappa shape index (κ1) is 28.6. The predicted molar refractivity (Wildman–Crippen MR) is 127 cm³/mol. The van der Waals surface area contributed by atoms with Gasteiger partial charge in [0.15, 0.2) is 22.4 Å². The molecule has 0 atom stereocenters. The van der Waals surface area contributed by atoms with E-state index in [1.54, 1.807) is 14.2 Å². The summed E-state index contributed by atoms with van der Waals surface area (Å²) < 4.78 is 72.8. The fraction of sp³-hybridized carbons (Fsp3) is 0.130. The van der Waals surface area contributed by atoms with Crippen LogP contribution in [0.2, 0.25) is 0 Å². The molecule has 1 amide bonds. The zero-order valence-electron chi connectivity index (χ0n) is 19.1. The molecule has 0 radical (unpaired) electrons. The summed E-state index contributed by atoms with van der Waals surface area (Å²) in [6.07, 6.45) is 0. The van der Waals surface area contributed by atoms with Gasteiger partial charge in [-0.3, -0.25) is 10.1 Å². The molecule has 14 heteroatoms. The van der Waals surface area contributed by atoms with Crippen molar-refractivity contribution >= 4 is 42.7 Å². The minimum Gasteiger partial charge on any atom is -0.741 e. The lowest BCUT2D eigenvalue weighted by Gasteiger charge is -2.08. The molecule has 4 aromatic rings. The summed E-state index contributed by atoms with van der Waals surface area (Å²) in [6, 6.07) is 21.5. The van der Waals surface area contributed by atoms with Crippen LogP contribution >= 0.6 is 11.3 Å². The number of ether oxygens (including phenoxy) is 2. The molecule has 0 aliphatic carbocycles. The lowest BCUT2D eigenvalue weighted by atomic mass is 10.2. The van der Waals surface area contributed by atoms with E-state index in [9.17, 15) is 18.0 Å². The fourth-order valence-corrected chi connectivity index (χ4v) is 5.91. The molecule has 196 valence electrons.